The van der Waals surface area contributed by atoms with Crippen molar-refractivity contribution in [2.24, 2.45) is 5.73 Å². The fourth-order valence-electron chi connectivity index (χ4n) is 2.00. The molecule has 0 spiro atoms. The third-order valence-corrected chi connectivity index (χ3v) is 2.87. The van der Waals surface area contributed by atoms with Crippen molar-refractivity contribution >= 4 is 6.09 Å². The van der Waals surface area contributed by atoms with E-state index in [1.807, 2.05) is 0 Å². The van der Waals surface area contributed by atoms with Gasteiger partial charge in [0.25, 0.3) is 0 Å². The van der Waals surface area contributed by atoms with Crippen molar-refractivity contribution in [3.63, 3.8) is 0 Å². The molecule has 0 unspecified atom stereocenters. The molecule has 0 saturated carbocycles. The van der Waals surface area contributed by atoms with E-state index < -0.39 is 6.09 Å². The quantitative estimate of drug-likeness (QED) is 0.789. The van der Waals surface area contributed by atoms with Crippen molar-refractivity contribution in [1.82, 2.24) is 9.80 Å². The molecule has 0 aromatic heterocycles. The number of rotatable bonds is 3. The maximum Gasteiger partial charge on any atom is 0.407 e. The second-order valence-electron chi connectivity index (χ2n) is 4.97. The molecule has 5 nitrogen and oxygen atoms in total. The molecule has 17 heavy (non-hydrogen) atoms. The monoisotopic (exact) mass is 245 g/mol. The summed E-state index contributed by atoms with van der Waals surface area (Å²) in [5, 5.41) is 8.22. The number of amides is 1. The van der Waals surface area contributed by atoms with Gasteiger partial charge in [-0.2, -0.15) is 0 Å². The summed E-state index contributed by atoms with van der Waals surface area (Å²) in [6.45, 7) is 13.3. The number of carboxylic acid groups (broad SMARTS) is 1. The summed E-state index contributed by atoms with van der Waals surface area (Å²) in [6, 6.07) is 1.45. The number of nitrogens with two attached hydrogens (primary N) is 1. The second-order valence-corrected chi connectivity index (χ2v) is 4.97. The van der Waals surface area contributed by atoms with Crippen LogP contribution in [0, 0.1) is 0 Å². The third-order valence-electron chi connectivity index (χ3n) is 2.87. The van der Waals surface area contributed by atoms with Gasteiger partial charge >= 0.3 is 6.09 Å². The van der Waals surface area contributed by atoms with Crippen LogP contribution in [0.25, 0.3) is 0 Å². The Morgan fingerprint density at radius 2 is 1.76 bits per heavy atom. The van der Waals surface area contributed by atoms with Gasteiger partial charge in [0.2, 0.25) is 0 Å². The van der Waals surface area contributed by atoms with E-state index >= 15 is 0 Å². The molecule has 1 amide bonds. The van der Waals surface area contributed by atoms with E-state index in [0.29, 0.717) is 25.2 Å². The van der Waals surface area contributed by atoms with Crippen molar-refractivity contribution in [1.29, 1.82) is 0 Å². The Morgan fingerprint density at radius 3 is 1.82 bits per heavy atom. The van der Waals surface area contributed by atoms with Crippen molar-refractivity contribution in [2.45, 2.75) is 52.7 Å². The lowest BCUT2D eigenvalue weighted by Gasteiger charge is -2.33. The minimum Gasteiger partial charge on any atom is -0.465 e. The van der Waals surface area contributed by atoms with Gasteiger partial charge in [0.05, 0.1) is 0 Å². The average Bonchev–Trinajstić information content (AvgIpc) is 2.13. The minimum absolute atomic E-state index is 0.0751. The normalized spacial score (nSPS) is 15.9. The van der Waals surface area contributed by atoms with E-state index in [2.05, 4.69) is 39.5 Å². The lowest BCUT2D eigenvalue weighted by atomic mass is 10.1. The Balaban J connectivity index is 0.000000302. The van der Waals surface area contributed by atoms with Crippen LogP contribution >= 0.6 is 0 Å². The first-order chi connectivity index (χ1) is 7.79. The topological polar surface area (TPSA) is 69.8 Å². The Labute approximate surface area is 105 Å². The summed E-state index contributed by atoms with van der Waals surface area (Å²) >= 11 is 0. The van der Waals surface area contributed by atoms with Gasteiger partial charge in [-0.15, -0.1) is 0 Å². The number of carbonyl (C=O) groups is 1. The zero-order chi connectivity index (χ0) is 13.6. The third kappa shape index (κ3) is 5.89. The van der Waals surface area contributed by atoms with E-state index in [0.717, 1.165) is 6.54 Å². The molecule has 1 fully saturated rings. The van der Waals surface area contributed by atoms with Crippen LogP contribution in [0.15, 0.2) is 0 Å². The molecule has 1 aliphatic rings. The average molecular weight is 245 g/mol. The highest BCUT2D eigenvalue weighted by Gasteiger charge is 2.26. The SMILES string of the molecule is CCN(C(C)C)C(C)C.NC1CN(C(=O)O)C1. The molecule has 1 rings (SSSR count). The van der Waals surface area contributed by atoms with Crippen molar-refractivity contribution in [3.05, 3.63) is 0 Å². The van der Waals surface area contributed by atoms with Crippen molar-refractivity contribution in [2.75, 3.05) is 19.6 Å². The Kier molecular flexibility index (Phi) is 7.15. The lowest BCUT2D eigenvalue weighted by Crippen LogP contribution is -2.57. The van der Waals surface area contributed by atoms with Gasteiger partial charge in [0.15, 0.2) is 0 Å². The summed E-state index contributed by atoms with van der Waals surface area (Å²) in [5.74, 6) is 0. The first kappa shape index (κ1) is 16.2. The zero-order valence-electron chi connectivity index (χ0n) is 11.7. The van der Waals surface area contributed by atoms with Crippen LogP contribution < -0.4 is 5.73 Å². The van der Waals surface area contributed by atoms with Crippen LogP contribution in [-0.4, -0.2) is 58.8 Å². The molecule has 0 bridgehead atoms. The summed E-state index contributed by atoms with van der Waals surface area (Å²) in [7, 11) is 0. The number of likely N-dealkylation sites (tertiary alicyclic amines) is 1. The molecule has 1 saturated heterocycles. The molecule has 0 aromatic carbocycles. The van der Waals surface area contributed by atoms with Gasteiger partial charge in [-0.3, -0.25) is 4.90 Å². The van der Waals surface area contributed by atoms with Crippen LogP contribution in [0.4, 0.5) is 4.79 Å². The van der Waals surface area contributed by atoms with Crippen LogP contribution in [0.2, 0.25) is 0 Å². The lowest BCUT2D eigenvalue weighted by molar-refractivity contribution is 0.107. The largest absolute Gasteiger partial charge is 0.465 e. The van der Waals surface area contributed by atoms with Crippen LogP contribution in [-0.2, 0) is 0 Å². The fraction of sp³-hybridized carbons (Fsp3) is 0.917. The maximum atomic E-state index is 10.00. The molecular weight excluding hydrogens is 218 g/mol. The first-order valence-corrected chi connectivity index (χ1v) is 6.28. The molecule has 0 aromatic rings. The van der Waals surface area contributed by atoms with Gasteiger partial charge < -0.3 is 15.7 Å². The van der Waals surface area contributed by atoms with Gasteiger partial charge in [0.1, 0.15) is 0 Å². The Hall–Kier alpha value is -0.810. The van der Waals surface area contributed by atoms with E-state index in [1.165, 1.54) is 4.90 Å². The summed E-state index contributed by atoms with van der Waals surface area (Å²) in [4.78, 5) is 13.7. The van der Waals surface area contributed by atoms with E-state index in [4.69, 9.17) is 10.8 Å². The molecule has 1 aliphatic heterocycles. The number of hydrogen-bond acceptors (Lipinski definition) is 3. The molecule has 0 aliphatic carbocycles. The Bertz CT molecular complexity index is 218. The van der Waals surface area contributed by atoms with Crippen molar-refractivity contribution < 1.29 is 9.90 Å². The second kappa shape index (κ2) is 7.50. The summed E-state index contributed by atoms with van der Waals surface area (Å²) in [5.41, 5.74) is 5.30. The van der Waals surface area contributed by atoms with Crippen LogP contribution in [0.1, 0.15) is 34.6 Å². The maximum absolute atomic E-state index is 10.00. The standard InChI is InChI=1S/C8H19N.C4H8N2O2/c1-6-9(7(2)3)8(4)5;5-3-1-6(2-3)4(7)8/h7-8H,6H2,1-5H3;3H,1-2,5H2,(H,7,8). The predicted octanol–water partition coefficient (Wildman–Crippen LogP) is 1.43. The molecule has 102 valence electrons. The molecule has 0 radical (unpaired) electrons. The first-order valence-electron chi connectivity index (χ1n) is 6.28. The zero-order valence-corrected chi connectivity index (χ0v) is 11.7. The van der Waals surface area contributed by atoms with E-state index in [9.17, 15) is 4.79 Å². The van der Waals surface area contributed by atoms with Crippen molar-refractivity contribution in [3.8, 4) is 0 Å². The van der Waals surface area contributed by atoms with E-state index in [1.54, 1.807) is 0 Å². The Morgan fingerprint density at radius 1 is 1.35 bits per heavy atom. The van der Waals surface area contributed by atoms with Gasteiger partial charge in [-0.25, -0.2) is 4.79 Å². The number of nitrogens with zero attached hydrogens (tertiary/aromatic N) is 2. The summed E-state index contributed by atoms with van der Waals surface area (Å²) in [6.07, 6.45) is -0.869. The van der Waals surface area contributed by atoms with Gasteiger partial charge in [-0.05, 0) is 34.2 Å². The van der Waals surface area contributed by atoms with E-state index in [-0.39, 0.29) is 6.04 Å². The highest BCUT2D eigenvalue weighted by Crippen LogP contribution is 2.03. The molecule has 5 heteroatoms. The highest BCUT2D eigenvalue weighted by molar-refractivity contribution is 5.66. The minimum atomic E-state index is -0.869. The predicted molar refractivity (Wildman–Crippen MR) is 70.2 cm³/mol. The highest BCUT2D eigenvalue weighted by atomic mass is 16.4. The van der Waals surface area contributed by atoms with Gasteiger partial charge in [-0.1, -0.05) is 6.92 Å². The molecule has 0 atom stereocenters. The fourth-order valence-corrected chi connectivity index (χ4v) is 2.00. The summed E-state index contributed by atoms with van der Waals surface area (Å²) < 4.78 is 0. The smallest absolute Gasteiger partial charge is 0.407 e. The van der Waals surface area contributed by atoms with Crippen LogP contribution in [0.5, 0.6) is 0 Å². The van der Waals surface area contributed by atoms with Gasteiger partial charge in [0, 0.05) is 31.2 Å². The number of hydrogen-bond donors (Lipinski definition) is 2. The molecular formula is C12H27N3O2. The van der Waals surface area contributed by atoms with Crippen LogP contribution in [0.3, 0.4) is 0 Å². The molecule has 3 N–H and O–H groups in total. The molecule has 1 heterocycles.